The Bertz CT molecular complexity index is 1270. The molecule has 2 aromatic carbocycles. The molecule has 0 bridgehead atoms. The van der Waals surface area contributed by atoms with E-state index in [-0.39, 0.29) is 41.1 Å². The first-order chi connectivity index (χ1) is 16.0. The first-order valence-corrected chi connectivity index (χ1v) is 17.7. The molecule has 0 aromatic heterocycles. The van der Waals surface area contributed by atoms with Crippen LogP contribution >= 0.6 is 0 Å². The van der Waals surface area contributed by atoms with E-state index in [4.69, 9.17) is 4.21 Å². The zero-order chi connectivity index (χ0) is 26.1. The summed E-state index contributed by atoms with van der Waals surface area (Å²) in [7, 11) is 0. The van der Waals surface area contributed by atoms with Crippen LogP contribution in [0.4, 0.5) is 0 Å². The number of hydrogen-bond acceptors (Lipinski definition) is 0. The third kappa shape index (κ3) is 6.05. The van der Waals surface area contributed by atoms with E-state index in [9.17, 15) is 0 Å². The summed E-state index contributed by atoms with van der Waals surface area (Å²) in [5.41, 5.74) is 12.6. The predicted molar refractivity (Wildman–Crippen MR) is 153 cm³/mol. The minimum atomic E-state index is -2.34. The van der Waals surface area contributed by atoms with Gasteiger partial charge in [0.25, 0.3) is 0 Å². The molecule has 37 heavy (non-hydrogen) atoms. The van der Waals surface area contributed by atoms with Crippen molar-refractivity contribution in [2.24, 2.45) is 11.3 Å². The first kappa shape index (κ1) is 32.5. The minimum Gasteiger partial charge on any atom is -1.00 e. The molecule has 0 radical (unpaired) electrons. The summed E-state index contributed by atoms with van der Waals surface area (Å²) >= 11 is -2.34. The van der Waals surface area contributed by atoms with E-state index in [1.54, 1.807) is 23.3 Å². The Morgan fingerprint density at radius 3 is 1.89 bits per heavy atom. The summed E-state index contributed by atoms with van der Waals surface area (Å²) < 4.78 is 8.46. The van der Waals surface area contributed by atoms with Gasteiger partial charge in [0, 0.05) is 0 Å². The van der Waals surface area contributed by atoms with Crippen molar-refractivity contribution in [3.05, 3.63) is 73.1 Å². The Morgan fingerprint density at radius 1 is 0.811 bits per heavy atom. The summed E-state index contributed by atoms with van der Waals surface area (Å²) in [5, 5.41) is 0. The number of benzene rings is 2. The van der Waals surface area contributed by atoms with Gasteiger partial charge in [-0.3, -0.25) is 0 Å². The van der Waals surface area contributed by atoms with Crippen LogP contribution < -0.4 is 28.1 Å². The monoisotopic (exact) mass is 614 g/mol. The van der Waals surface area contributed by atoms with Crippen LogP contribution in [-0.2, 0) is 38.5 Å². The summed E-state index contributed by atoms with van der Waals surface area (Å²) in [4.78, 5) is 0. The van der Waals surface area contributed by atoms with Gasteiger partial charge in [-0.2, -0.15) is 0 Å². The van der Waals surface area contributed by atoms with Gasteiger partial charge in [-0.15, -0.1) is 0 Å². The van der Waals surface area contributed by atoms with Crippen molar-refractivity contribution in [3.63, 3.8) is 0 Å². The summed E-state index contributed by atoms with van der Waals surface area (Å²) in [6, 6.07) is 12.3. The van der Waals surface area contributed by atoms with Crippen LogP contribution in [0.5, 0.6) is 0 Å². The smallest absolute Gasteiger partial charge is 1.00 e. The van der Waals surface area contributed by atoms with Crippen molar-refractivity contribution >= 4 is 7.48 Å². The van der Waals surface area contributed by atoms with Crippen molar-refractivity contribution in [1.29, 1.82) is 0 Å². The van der Waals surface area contributed by atoms with Gasteiger partial charge in [0.1, 0.15) is 0 Å². The molecule has 4 rings (SSSR count). The molecule has 0 saturated heterocycles. The fourth-order valence-electron chi connectivity index (χ4n) is 5.98. The topological polar surface area (TPSA) is 0 Å². The van der Waals surface area contributed by atoms with Crippen LogP contribution in [-0.4, -0.2) is 4.21 Å². The molecule has 1 unspecified atom stereocenters. The van der Waals surface area contributed by atoms with E-state index in [2.05, 4.69) is 113 Å². The molecule has 3 heteroatoms. The molecule has 0 heterocycles. The van der Waals surface area contributed by atoms with Gasteiger partial charge in [-0.1, -0.05) is 0 Å². The number of rotatable bonds is 3. The fourth-order valence-corrected chi connectivity index (χ4v) is 12.2. The first-order valence-electron chi connectivity index (χ1n) is 13.5. The molecule has 2 aliphatic rings. The maximum Gasteiger partial charge on any atom is -1.00 e. The zero-order valence-electron chi connectivity index (χ0n) is 24.9. The molecular formula is C34H46Cl2Zr. The van der Waals surface area contributed by atoms with Crippen molar-refractivity contribution in [2.75, 3.05) is 0 Å². The number of allylic oxidation sites excluding steroid dienone is 4. The molecule has 0 N–H and O–H groups in total. The largest absolute Gasteiger partial charge is 1.00 e. The van der Waals surface area contributed by atoms with Gasteiger partial charge in [0.15, 0.2) is 0 Å². The number of hydrogen-bond donors (Lipinski definition) is 0. The molecule has 0 saturated carbocycles. The molecule has 2 aromatic rings. The van der Waals surface area contributed by atoms with E-state index in [1.165, 1.54) is 27.8 Å². The standard InChI is InChI=1S/C21H25.C12H19.CH2.2ClH.Zr/c1-20(2,3)16-9-7-14-11-15-8-10-17(21(4,5)6)13-19(15)18(14)12-16;1-6-10-7-9(2)8-11(10)12(3,4)5;;;;/h7,9-10,12-13H,11H2,1-6H3;8-9H,6H2,1-5H3;1H2;2*1H;/q;;;;;+2/p-2. The van der Waals surface area contributed by atoms with Gasteiger partial charge in [0.05, 0.1) is 0 Å². The van der Waals surface area contributed by atoms with Crippen LogP contribution in [0.15, 0.2) is 50.8 Å². The van der Waals surface area contributed by atoms with E-state index in [0.29, 0.717) is 5.92 Å². The van der Waals surface area contributed by atoms with Crippen LogP contribution in [0.2, 0.25) is 0 Å². The molecule has 200 valence electrons. The van der Waals surface area contributed by atoms with E-state index >= 15 is 0 Å². The average Bonchev–Trinajstić information content (AvgIpc) is 3.27. The van der Waals surface area contributed by atoms with Crippen molar-refractivity contribution in [1.82, 2.24) is 0 Å². The van der Waals surface area contributed by atoms with Gasteiger partial charge in [0.2, 0.25) is 0 Å². The van der Waals surface area contributed by atoms with Crippen LogP contribution in [0.3, 0.4) is 0 Å². The minimum absolute atomic E-state index is 0. The van der Waals surface area contributed by atoms with Gasteiger partial charge < -0.3 is 24.8 Å². The SMILES string of the molecule is [CH2]=[Zr+2]([C]1=C(CC)C(C(C)(C)C)=CC1C)[c]1cc(C(C)(C)C)cc2c1Cc1ccc(C(C)(C)C)cc1-2.[Cl-].[Cl-]. The maximum atomic E-state index is 5.08. The van der Waals surface area contributed by atoms with Gasteiger partial charge in [-0.25, -0.2) is 0 Å². The summed E-state index contributed by atoms with van der Waals surface area (Å²) in [6.45, 7) is 25.9. The van der Waals surface area contributed by atoms with E-state index in [0.717, 1.165) is 12.8 Å². The Morgan fingerprint density at radius 2 is 1.38 bits per heavy atom. The quantitative estimate of drug-likeness (QED) is 0.425. The van der Waals surface area contributed by atoms with Crippen molar-refractivity contribution in [3.8, 4) is 11.1 Å². The van der Waals surface area contributed by atoms with Gasteiger partial charge >= 0.3 is 224 Å². The molecule has 2 aliphatic carbocycles. The second kappa shape index (κ2) is 11.0. The third-order valence-corrected chi connectivity index (χ3v) is 14.2. The Kier molecular flexibility index (Phi) is 9.67. The number of fused-ring (bicyclic) bond motifs is 3. The Hall–Kier alpha value is -0.747. The van der Waals surface area contributed by atoms with E-state index < -0.39 is 21.3 Å². The normalized spacial score (nSPS) is 16.8. The molecule has 0 fully saturated rings. The molecule has 0 amide bonds. The molecule has 0 spiro atoms. The Labute approximate surface area is 247 Å². The van der Waals surface area contributed by atoms with Crippen LogP contribution in [0.25, 0.3) is 11.1 Å². The second-order valence-corrected chi connectivity index (χ2v) is 18.9. The summed E-state index contributed by atoms with van der Waals surface area (Å²) in [6.07, 6.45) is 4.76. The molecule has 1 atom stereocenters. The second-order valence-electron chi connectivity index (χ2n) is 13.9. The van der Waals surface area contributed by atoms with Gasteiger partial charge in [-0.05, 0) is 0 Å². The average molecular weight is 617 g/mol. The maximum absolute atomic E-state index is 5.08. The van der Waals surface area contributed by atoms with E-state index in [1.807, 2.05) is 0 Å². The Balaban J connectivity index is 0.00000241. The fraction of sp³-hybridized carbons (Fsp3) is 0.500. The zero-order valence-corrected chi connectivity index (χ0v) is 28.9. The summed E-state index contributed by atoms with van der Waals surface area (Å²) in [5.74, 6) is 0.524. The third-order valence-electron chi connectivity index (χ3n) is 8.08. The van der Waals surface area contributed by atoms with Crippen LogP contribution in [0.1, 0.15) is 105 Å². The molecule has 0 nitrogen and oxygen atoms in total. The van der Waals surface area contributed by atoms with Crippen molar-refractivity contribution < 1.29 is 46.1 Å². The molecular weight excluding hydrogens is 571 g/mol. The van der Waals surface area contributed by atoms with Crippen molar-refractivity contribution in [2.45, 2.75) is 99.8 Å². The number of halogens is 2. The van der Waals surface area contributed by atoms with Crippen LogP contribution in [0, 0.1) is 11.3 Å². The predicted octanol–water partition coefficient (Wildman–Crippen LogP) is 2.82. The molecule has 0 aliphatic heterocycles.